The Morgan fingerprint density at radius 3 is 2.78 bits per heavy atom. The monoisotopic (exact) mass is 484 g/mol. The Morgan fingerprint density at radius 1 is 1.11 bits per heavy atom. The molecular weight excluding hydrogens is 452 g/mol. The number of aromatic nitrogens is 1. The number of para-hydroxylation sites is 1. The fourth-order valence-corrected chi connectivity index (χ4v) is 5.32. The highest BCUT2D eigenvalue weighted by molar-refractivity contribution is 6.23. The standard InChI is InChI=1S/C29H32N4O3/c1-3-4-14-31(2)27(34)22-10-8-15-32(19-22)25-13-7-11-23-26(25)29(36)33(28(23)35)18-20-16-21-9-5-6-12-24(21)30-17-20/h5-7,9,11-13,16-17,22H,3-4,8,10,14-15,18-19H2,1-2H3. The van der Waals surface area contributed by atoms with Crippen molar-refractivity contribution in [3.63, 3.8) is 0 Å². The molecule has 2 aromatic carbocycles. The van der Waals surface area contributed by atoms with Gasteiger partial charge < -0.3 is 9.80 Å². The zero-order chi connectivity index (χ0) is 25.2. The topological polar surface area (TPSA) is 73.8 Å². The molecule has 0 bridgehead atoms. The van der Waals surface area contributed by atoms with E-state index in [0.29, 0.717) is 17.7 Å². The second-order valence-electron chi connectivity index (χ2n) is 9.83. The number of carbonyl (C=O) groups is 3. The smallest absolute Gasteiger partial charge is 0.263 e. The molecule has 3 aromatic rings. The highest BCUT2D eigenvalue weighted by atomic mass is 16.2. The summed E-state index contributed by atoms with van der Waals surface area (Å²) in [5.74, 6) is -0.516. The van der Waals surface area contributed by atoms with Gasteiger partial charge in [0.2, 0.25) is 5.91 Å². The zero-order valence-corrected chi connectivity index (χ0v) is 20.9. The number of nitrogens with zero attached hydrogens (tertiary/aromatic N) is 4. The summed E-state index contributed by atoms with van der Waals surface area (Å²) >= 11 is 0. The molecule has 5 rings (SSSR count). The van der Waals surface area contributed by atoms with Gasteiger partial charge >= 0.3 is 0 Å². The van der Waals surface area contributed by atoms with Crippen LogP contribution in [0, 0.1) is 5.92 Å². The summed E-state index contributed by atoms with van der Waals surface area (Å²) < 4.78 is 0. The van der Waals surface area contributed by atoms with E-state index in [0.717, 1.165) is 60.9 Å². The van der Waals surface area contributed by atoms with Crippen molar-refractivity contribution in [1.29, 1.82) is 0 Å². The summed E-state index contributed by atoms with van der Waals surface area (Å²) in [5.41, 5.74) is 3.31. The van der Waals surface area contributed by atoms with Crippen molar-refractivity contribution >= 4 is 34.3 Å². The maximum absolute atomic E-state index is 13.6. The van der Waals surface area contributed by atoms with Crippen LogP contribution < -0.4 is 4.90 Å². The number of piperidine rings is 1. The van der Waals surface area contributed by atoms with Gasteiger partial charge in [-0.15, -0.1) is 0 Å². The van der Waals surface area contributed by atoms with Gasteiger partial charge in [-0.1, -0.05) is 37.6 Å². The Kier molecular flexibility index (Phi) is 6.72. The van der Waals surface area contributed by atoms with Crippen LogP contribution in [0.2, 0.25) is 0 Å². The van der Waals surface area contributed by atoms with Gasteiger partial charge in [0.15, 0.2) is 0 Å². The first kappa shape index (κ1) is 24.0. The van der Waals surface area contributed by atoms with E-state index in [1.165, 1.54) is 4.90 Å². The van der Waals surface area contributed by atoms with Gasteiger partial charge in [-0.05, 0) is 49.1 Å². The first-order valence-electron chi connectivity index (χ1n) is 12.8. The third kappa shape index (κ3) is 4.45. The number of anilines is 1. The highest BCUT2D eigenvalue weighted by Crippen LogP contribution is 2.35. The first-order chi connectivity index (χ1) is 17.5. The van der Waals surface area contributed by atoms with E-state index >= 15 is 0 Å². The molecule has 3 amide bonds. The van der Waals surface area contributed by atoms with Crippen molar-refractivity contribution in [3.05, 3.63) is 71.4 Å². The van der Waals surface area contributed by atoms with Gasteiger partial charge in [0, 0.05) is 38.3 Å². The van der Waals surface area contributed by atoms with Crippen LogP contribution in [0.5, 0.6) is 0 Å². The molecule has 1 fully saturated rings. The first-order valence-corrected chi connectivity index (χ1v) is 12.8. The van der Waals surface area contributed by atoms with Crippen molar-refractivity contribution in [3.8, 4) is 0 Å². The number of pyridine rings is 1. The lowest BCUT2D eigenvalue weighted by Crippen LogP contribution is -2.44. The lowest BCUT2D eigenvalue weighted by Gasteiger charge is -2.36. The molecule has 7 nitrogen and oxygen atoms in total. The third-order valence-electron chi connectivity index (χ3n) is 7.30. The van der Waals surface area contributed by atoms with Gasteiger partial charge in [-0.2, -0.15) is 0 Å². The maximum atomic E-state index is 13.6. The molecule has 2 aliphatic heterocycles. The molecule has 0 radical (unpaired) electrons. The predicted octanol–water partition coefficient (Wildman–Crippen LogP) is 4.51. The van der Waals surface area contributed by atoms with Crippen LogP contribution in [0.1, 0.15) is 58.9 Å². The number of rotatable bonds is 7. The summed E-state index contributed by atoms with van der Waals surface area (Å²) in [6.45, 7) is 4.37. The fraction of sp³-hybridized carbons (Fsp3) is 0.379. The van der Waals surface area contributed by atoms with Gasteiger partial charge in [0.05, 0.1) is 34.8 Å². The van der Waals surface area contributed by atoms with E-state index in [2.05, 4.69) is 16.8 Å². The number of hydrogen-bond donors (Lipinski definition) is 0. The molecule has 7 heteroatoms. The average Bonchev–Trinajstić information content (AvgIpc) is 3.16. The molecule has 3 heterocycles. The van der Waals surface area contributed by atoms with Gasteiger partial charge in [-0.3, -0.25) is 24.3 Å². The molecule has 1 aromatic heterocycles. The lowest BCUT2D eigenvalue weighted by atomic mass is 9.95. The van der Waals surface area contributed by atoms with E-state index in [-0.39, 0.29) is 30.2 Å². The molecule has 1 atom stereocenters. The zero-order valence-electron chi connectivity index (χ0n) is 20.9. The summed E-state index contributed by atoms with van der Waals surface area (Å²) in [5, 5.41) is 0.972. The van der Waals surface area contributed by atoms with Crippen molar-refractivity contribution in [2.24, 2.45) is 5.92 Å². The molecule has 2 aliphatic rings. The number of unbranched alkanes of at least 4 members (excludes halogenated alkanes) is 1. The van der Waals surface area contributed by atoms with Crippen LogP contribution >= 0.6 is 0 Å². The van der Waals surface area contributed by atoms with Gasteiger partial charge in [0.1, 0.15) is 0 Å². The van der Waals surface area contributed by atoms with Crippen LogP contribution in [0.3, 0.4) is 0 Å². The predicted molar refractivity (Wildman–Crippen MR) is 140 cm³/mol. The largest absolute Gasteiger partial charge is 0.370 e. The summed E-state index contributed by atoms with van der Waals surface area (Å²) in [6, 6.07) is 15.2. The third-order valence-corrected chi connectivity index (χ3v) is 7.30. The van der Waals surface area contributed by atoms with E-state index in [1.54, 1.807) is 12.3 Å². The van der Waals surface area contributed by atoms with Crippen molar-refractivity contribution < 1.29 is 14.4 Å². The van der Waals surface area contributed by atoms with E-state index < -0.39 is 0 Å². The Labute approximate surface area is 211 Å². The quantitative estimate of drug-likeness (QED) is 0.462. The van der Waals surface area contributed by atoms with Crippen LogP contribution in [0.15, 0.2) is 54.7 Å². The number of amides is 3. The van der Waals surface area contributed by atoms with Crippen molar-refractivity contribution in [1.82, 2.24) is 14.8 Å². The van der Waals surface area contributed by atoms with Crippen LogP contribution in [-0.2, 0) is 11.3 Å². The minimum absolute atomic E-state index is 0.108. The number of benzene rings is 2. The van der Waals surface area contributed by atoms with Crippen molar-refractivity contribution in [2.75, 3.05) is 31.6 Å². The summed E-state index contributed by atoms with van der Waals surface area (Å²) in [6.07, 6.45) is 5.48. The molecule has 1 unspecified atom stereocenters. The van der Waals surface area contributed by atoms with E-state index in [1.807, 2.05) is 54.4 Å². The molecule has 0 aliphatic carbocycles. The molecule has 0 saturated carbocycles. The highest BCUT2D eigenvalue weighted by Gasteiger charge is 2.39. The second kappa shape index (κ2) is 10.1. The number of hydrogen-bond acceptors (Lipinski definition) is 5. The van der Waals surface area contributed by atoms with Crippen LogP contribution in [0.25, 0.3) is 10.9 Å². The Balaban J connectivity index is 1.37. The molecule has 0 spiro atoms. The number of fused-ring (bicyclic) bond motifs is 2. The minimum atomic E-state index is -0.285. The molecular formula is C29H32N4O3. The Morgan fingerprint density at radius 2 is 1.94 bits per heavy atom. The van der Waals surface area contributed by atoms with Gasteiger partial charge in [0.25, 0.3) is 11.8 Å². The molecule has 0 N–H and O–H groups in total. The molecule has 36 heavy (non-hydrogen) atoms. The van der Waals surface area contributed by atoms with Gasteiger partial charge in [-0.25, -0.2) is 0 Å². The van der Waals surface area contributed by atoms with Crippen LogP contribution in [-0.4, -0.2) is 59.2 Å². The Bertz CT molecular complexity index is 1320. The normalized spacial score (nSPS) is 17.6. The fourth-order valence-electron chi connectivity index (χ4n) is 5.32. The summed E-state index contributed by atoms with van der Waals surface area (Å²) in [7, 11) is 1.87. The average molecular weight is 485 g/mol. The van der Waals surface area contributed by atoms with E-state index in [9.17, 15) is 14.4 Å². The summed E-state index contributed by atoms with van der Waals surface area (Å²) in [4.78, 5) is 49.6. The number of imide groups is 1. The second-order valence-corrected chi connectivity index (χ2v) is 9.83. The van der Waals surface area contributed by atoms with Crippen LogP contribution in [0.4, 0.5) is 5.69 Å². The maximum Gasteiger partial charge on any atom is 0.263 e. The minimum Gasteiger partial charge on any atom is -0.370 e. The SMILES string of the molecule is CCCCN(C)C(=O)C1CCCN(c2cccc3c2C(=O)N(Cc2cnc4ccccc4c2)C3=O)C1. The number of carbonyl (C=O) groups excluding carboxylic acids is 3. The Hall–Kier alpha value is -3.74. The molecule has 186 valence electrons. The molecule has 1 saturated heterocycles. The van der Waals surface area contributed by atoms with E-state index in [4.69, 9.17) is 0 Å². The van der Waals surface area contributed by atoms with Crippen molar-refractivity contribution in [2.45, 2.75) is 39.2 Å². The lowest BCUT2D eigenvalue weighted by molar-refractivity contribution is -0.134.